The van der Waals surface area contributed by atoms with Crippen LogP contribution in [0.25, 0.3) is 0 Å². The predicted molar refractivity (Wildman–Crippen MR) is 67.4 cm³/mol. The fraction of sp³-hybridized carbons (Fsp3) is 0.583. The minimum atomic E-state index is -0.0595. The van der Waals surface area contributed by atoms with Crippen molar-refractivity contribution in [1.82, 2.24) is 30.0 Å². The highest BCUT2D eigenvalue weighted by Crippen LogP contribution is 2.30. The standard InChI is InChI=1S/C12H16N6O2/c1-9-14-12(15-20-9)10-3-2-6-18(10)11(19)4-7-17-8-5-13-16-17/h5,8,10H,2-4,6-7H2,1H3/t10-/m1/s1. The van der Waals surface area contributed by atoms with E-state index in [1.807, 2.05) is 4.90 Å². The topological polar surface area (TPSA) is 89.9 Å². The molecule has 8 nitrogen and oxygen atoms in total. The molecule has 0 radical (unpaired) electrons. The minimum Gasteiger partial charge on any atom is -0.340 e. The van der Waals surface area contributed by atoms with E-state index in [9.17, 15) is 4.79 Å². The first kappa shape index (κ1) is 12.8. The van der Waals surface area contributed by atoms with Crippen LogP contribution in [0.1, 0.15) is 37.0 Å². The van der Waals surface area contributed by atoms with Crippen molar-refractivity contribution < 1.29 is 9.32 Å². The van der Waals surface area contributed by atoms with E-state index in [-0.39, 0.29) is 11.9 Å². The third-order valence-electron chi connectivity index (χ3n) is 3.44. The molecule has 0 bridgehead atoms. The van der Waals surface area contributed by atoms with Gasteiger partial charge in [0.1, 0.15) is 0 Å². The van der Waals surface area contributed by atoms with Crippen LogP contribution in [-0.4, -0.2) is 42.5 Å². The molecule has 0 saturated carbocycles. The average Bonchev–Trinajstić information content (AvgIpc) is 3.16. The molecule has 3 rings (SSSR count). The summed E-state index contributed by atoms with van der Waals surface area (Å²) in [6, 6.07) is -0.0595. The Labute approximate surface area is 115 Å². The summed E-state index contributed by atoms with van der Waals surface area (Å²) in [4.78, 5) is 18.4. The van der Waals surface area contributed by atoms with Crippen molar-refractivity contribution in [2.24, 2.45) is 0 Å². The van der Waals surface area contributed by atoms with E-state index in [4.69, 9.17) is 4.52 Å². The zero-order valence-corrected chi connectivity index (χ0v) is 11.3. The van der Waals surface area contributed by atoms with Crippen LogP contribution in [-0.2, 0) is 11.3 Å². The molecule has 106 valence electrons. The van der Waals surface area contributed by atoms with E-state index in [0.717, 1.165) is 19.4 Å². The van der Waals surface area contributed by atoms with E-state index >= 15 is 0 Å². The summed E-state index contributed by atoms with van der Waals surface area (Å²) < 4.78 is 6.66. The lowest BCUT2D eigenvalue weighted by Crippen LogP contribution is -2.31. The van der Waals surface area contributed by atoms with Gasteiger partial charge < -0.3 is 9.42 Å². The van der Waals surface area contributed by atoms with E-state index in [1.165, 1.54) is 0 Å². The zero-order valence-electron chi connectivity index (χ0n) is 11.3. The second kappa shape index (κ2) is 5.40. The van der Waals surface area contributed by atoms with Crippen LogP contribution >= 0.6 is 0 Å². The summed E-state index contributed by atoms with van der Waals surface area (Å²) in [7, 11) is 0. The van der Waals surface area contributed by atoms with Crippen molar-refractivity contribution in [3.8, 4) is 0 Å². The van der Waals surface area contributed by atoms with Gasteiger partial charge in [-0.25, -0.2) is 0 Å². The van der Waals surface area contributed by atoms with Crippen molar-refractivity contribution in [2.45, 2.75) is 38.8 Å². The maximum absolute atomic E-state index is 12.3. The highest BCUT2D eigenvalue weighted by Gasteiger charge is 2.32. The number of carbonyl (C=O) groups is 1. The zero-order chi connectivity index (χ0) is 13.9. The smallest absolute Gasteiger partial charge is 0.225 e. The van der Waals surface area contributed by atoms with Crippen LogP contribution in [0.2, 0.25) is 0 Å². The van der Waals surface area contributed by atoms with Crippen molar-refractivity contribution in [3.05, 3.63) is 24.1 Å². The molecule has 1 saturated heterocycles. The number of hydrogen-bond donors (Lipinski definition) is 0. The molecule has 1 atom stereocenters. The lowest BCUT2D eigenvalue weighted by Gasteiger charge is -2.22. The Morgan fingerprint density at radius 2 is 2.45 bits per heavy atom. The first-order valence-corrected chi connectivity index (χ1v) is 6.68. The fourth-order valence-corrected chi connectivity index (χ4v) is 2.49. The van der Waals surface area contributed by atoms with Crippen molar-refractivity contribution in [2.75, 3.05) is 6.54 Å². The largest absolute Gasteiger partial charge is 0.340 e. The van der Waals surface area contributed by atoms with E-state index in [0.29, 0.717) is 24.7 Å². The van der Waals surface area contributed by atoms with Gasteiger partial charge in [-0.15, -0.1) is 5.10 Å². The van der Waals surface area contributed by atoms with Gasteiger partial charge in [-0.1, -0.05) is 10.4 Å². The number of aryl methyl sites for hydroxylation is 2. The Kier molecular flexibility index (Phi) is 3.44. The SMILES string of the molecule is Cc1nc([C@H]2CCCN2C(=O)CCn2ccnn2)no1. The third kappa shape index (κ3) is 2.54. The van der Waals surface area contributed by atoms with Gasteiger partial charge in [-0.2, -0.15) is 4.98 Å². The summed E-state index contributed by atoms with van der Waals surface area (Å²) >= 11 is 0. The summed E-state index contributed by atoms with van der Waals surface area (Å²) in [6.07, 6.45) is 5.60. The van der Waals surface area contributed by atoms with E-state index in [1.54, 1.807) is 24.0 Å². The van der Waals surface area contributed by atoms with Crippen molar-refractivity contribution in [1.29, 1.82) is 0 Å². The number of nitrogens with zero attached hydrogens (tertiary/aromatic N) is 6. The van der Waals surface area contributed by atoms with E-state index < -0.39 is 0 Å². The number of carbonyl (C=O) groups excluding carboxylic acids is 1. The second-order valence-electron chi connectivity index (χ2n) is 4.83. The van der Waals surface area contributed by atoms with Crippen molar-refractivity contribution in [3.63, 3.8) is 0 Å². The monoisotopic (exact) mass is 276 g/mol. The minimum absolute atomic E-state index is 0.0595. The molecule has 8 heteroatoms. The van der Waals surface area contributed by atoms with E-state index in [2.05, 4.69) is 20.5 Å². The molecule has 0 N–H and O–H groups in total. The van der Waals surface area contributed by atoms with Gasteiger partial charge in [0.15, 0.2) is 5.82 Å². The highest BCUT2D eigenvalue weighted by atomic mass is 16.5. The summed E-state index contributed by atoms with van der Waals surface area (Å²) in [5.74, 6) is 1.22. The molecule has 0 aromatic carbocycles. The van der Waals surface area contributed by atoms with Crippen LogP contribution < -0.4 is 0 Å². The van der Waals surface area contributed by atoms with Gasteiger partial charge in [0.25, 0.3) is 0 Å². The van der Waals surface area contributed by atoms with Gasteiger partial charge in [0.2, 0.25) is 11.8 Å². The molecule has 1 aliphatic rings. The molecule has 2 aromatic rings. The van der Waals surface area contributed by atoms with Gasteiger partial charge in [-0.3, -0.25) is 9.48 Å². The maximum atomic E-state index is 12.3. The number of amides is 1. The average molecular weight is 276 g/mol. The van der Waals surface area contributed by atoms with Crippen LogP contribution in [0, 0.1) is 6.92 Å². The Morgan fingerprint density at radius 1 is 1.55 bits per heavy atom. The first-order valence-electron chi connectivity index (χ1n) is 6.68. The highest BCUT2D eigenvalue weighted by molar-refractivity contribution is 5.76. The van der Waals surface area contributed by atoms with Gasteiger partial charge in [-0.05, 0) is 12.8 Å². The molecule has 0 spiro atoms. The second-order valence-corrected chi connectivity index (χ2v) is 4.83. The molecule has 1 amide bonds. The quantitative estimate of drug-likeness (QED) is 0.817. The molecule has 0 aliphatic carbocycles. The normalized spacial score (nSPS) is 18.6. The lowest BCUT2D eigenvalue weighted by molar-refractivity contribution is -0.132. The molecule has 20 heavy (non-hydrogen) atoms. The summed E-state index contributed by atoms with van der Waals surface area (Å²) in [5, 5.41) is 11.5. The third-order valence-corrected chi connectivity index (χ3v) is 3.44. The molecule has 1 fully saturated rings. The number of likely N-dealkylation sites (tertiary alicyclic amines) is 1. The summed E-state index contributed by atoms with van der Waals surface area (Å²) in [6.45, 7) is 3.03. The number of rotatable bonds is 4. The van der Waals surface area contributed by atoms with Gasteiger partial charge in [0, 0.05) is 26.1 Å². The molecular formula is C12H16N6O2. The molecule has 2 aromatic heterocycles. The molecular weight excluding hydrogens is 260 g/mol. The maximum Gasteiger partial charge on any atom is 0.225 e. The fourth-order valence-electron chi connectivity index (χ4n) is 2.49. The Bertz CT molecular complexity index is 579. The Hall–Kier alpha value is -2.25. The predicted octanol–water partition coefficient (Wildman–Crippen LogP) is 0.723. The van der Waals surface area contributed by atoms with Crippen LogP contribution in [0.15, 0.2) is 16.9 Å². The Balaban J connectivity index is 1.64. The number of aromatic nitrogens is 5. The summed E-state index contributed by atoms with van der Waals surface area (Å²) in [5.41, 5.74) is 0. The van der Waals surface area contributed by atoms with Crippen LogP contribution in [0.4, 0.5) is 0 Å². The van der Waals surface area contributed by atoms with Gasteiger partial charge in [0.05, 0.1) is 18.8 Å². The molecule has 3 heterocycles. The van der Waals surface area contributed by atoms with Crippen LogP contribution in [0.3, 0.4) is 0 Å². The Morgan fingerprint density at radius 3 is 3.15 bits per heavy atom. The van der Waals surface area contributed by atoms with Gasteiger partial charge >= 0.3 is 0 Å². The number of hydrogen-bond acceptors (Lipinski definition) is 6. The van der Waals surface area contributed by atoms with Crippen molar-refractivity contribution >= 4 is 5.91 Å². The lowest BCUT2D eigenvalue weighted by atomic mass is 10.2. The van der Waals surface area contributed by atoms with Crippen LogP contribution in [0.5, 0.6) is 0 Å². The molecule has 1 aliphatic heterocycles. The first-order chi connectivity index (χ1) is 9.74. The molecule has 0 unspecified atom stereocenters.